The molecule has 0 saturated carbocycles. The number of fused-ring (bicyclic) bond motifs is 1. The van der Waals surface area contributed by atoms with Crippen molar-refractivity contribution >= 4 is 28.8 Å². The summed E-state index contributed by atoms with van der Waals surface area (Å²) in [4.78, 5) is 33.2. The minimum absolute atomic E-state index is 0.145. The normalized spacial score (nSPS) is 11.3. The van der Waals surface area contributed by atoms with Gasteiger partial charge in [-0.05, 0) is 61.7 Å². The molecule has 0 aliphatic carbocycles. The quantitative estimate of drug-likeness (QED) is 0.309. The highest BCUT2D eigenvalue weighted by Gasteiger charge is 2.17. The molecule has 0 unspecified atom stereocenters. The van der Waals surface area contributed by atoms with Crippen LogP contribution < -0.4 is 20.3 Å². The molecule has 0 spiro atoms. The Morgan fingerprint density at radius 1 is 1.03 bits per heavy atom. The Hall–Kier alpha value is -5.19. The molecule has 1 amide bonds. The number of nitrogens with one attached hydrogen (secondary N) is 2. The van der Waals surface area contributed by atoms with E-state index in [1.807, 2.05) is 38.1 Å². The Bertz CT molecular complexity index is 1800. The Labute approximate surface area is 223 Å². The number of aromatic nitrogens is 6. The van der Waals surface area contributed by atoms with Crippen LogP contribution in [0, 0.1) is 20.8 Å². The summed E-state index contributed by atoms with van der Waals surface area (Å²) in [5, 5.41) is 12.0. The number of ether oxygens (including phenoxy) is 2. The van der Waals surface area contributed by atoms with E-state index in [0.717, 1.165) is 22.4 Å². The molecule has 11 nitrogen and oxygen atoms in total. The van der Waals surface area contributed by atoms with Crippen molar-refractivity contribution in [2.75, 3.05) is 19.5 Å². The van der Waals surface area contributed by atoms with Crippen molar-refractivity contribution in [2.24, 2.45) is 0 Å². The van der Waals surface area contributed by atoms with Crippen molar-refractivity contribution in [2.45, 2.75) is 20.8 Å². The highest BCUT2D eigenvalue weighted by molar-refractivity contribution is 6.01. The van der Waals surface area contributed by atoms with Gasteiger partial charge < -0.3 is 14.8 Å². The van der Waals surface area contributed by atoms with Crippen LogP contribution in [0.4, 0.5) is 5.82 Å². The van der Waals surface area contributed by atoms with Gasteiger partial charge in [0.15, 0.2) is 17.1 Å². The number of benzene rings is 2. The van der Waals surface area contributed by atoms with Crippen LogP contribution in [0.2, 0.25) is 0 Å². The van der Waals surface area contributed by atoms with E-state index in [-0.39, 0.29) is 11.5 Å². The lowest BCUT2D eigenvalue weighted by Gasteiger charge is -2.10. The molecule has 2 N–H and O–H groups in total. The number of H-pyrrole nitrogens is 1. The first-order valence-electron chi connectivity index (χ1n) is 12.1. The van der Waals surface area contributed by atoms with E-state index >= 15 is 0 Å². The van der Waals surface area contributed by atoms with E-state index in [0.29, 0.717) is 34.0 Å². The first kappa shape index (κ1) is 25.5. The fourth-order valence-electron chi connectivity index (χ4n) is 4.19. The molecule has 5 aromatic rings. The van der Waals surface area contributed by atoms with E-state index in [1.54, 1.807) is 50.1 Å². The third-order valence-electron chi connectivity index (χ3n) is 6.35. The van der Waals surface area contributed by atoms with Crippen molar-refractivity contribution in [1.82, 2.24) is 29.5 Å². The average molecular weight is 526 g/mol. The number of nitrogens with zero attached hydrogens (tertiary/aromatic N) is 5. The average Bonchev–Trinajstić information content (AvgIpc) is 3.52. The Kier molecular flexibility index (Phi) is 6.72. The van der Waals surface area contributed by atoms with Crippen molar-refractivity contribution in [3.63, 3.8) is 0 Å². The number of carbonyl (C=O) groups is 1. The summed E-state index contributed by atoms with van der Waals surface area (Å²) in [5.41, 5.74) is 4.32. The van der Waals surface area contributed by atoms with Crippen LogP contribution in [0.3, 0.4) is 0 Å². The third-order valence-corrected chi connectivity index (χ3v) is 6.35. The van der Waals surface area contributed by atoms with Gasteiger partial charge in [0.1, 0.15) is 11.2 Å². The number of anilines is 1. The molecule has 11 heteroatoms. The van der Waals surface area contributed by atoms with E-state index in [4.69, 9.17) is 9.47 Å². The molecule has 3 heterocycles. The Balaban J connectivity index is 1.48. The summed E-state index contributed by atoms with van der Waals surface area (Å²) >= 11 is 0. The molecule has 39 heavy (non-hydrogen) atoms. The number of aryl methyl sites for hydroxylation is 2. The summed E-state index contributed by atoms with van der Waals surface area (Å²) < 4.78 is 13.6. The zero-order valence-electron chi connectivity index (χ0n) is 22.1. The monoisotopic (exact) mass is 525 g/mol. The number of methoxy groups -OCH3 is 2. The summed E-state index contributed by atoms with van der Waals surface area (Å²) in [6, 6.07) is 12.9. The Morgan fingerprint density at radius 3 is 2.59 bits per heavy atom. The van der Waals surface area contributed by atoms with E-state index < -0.39 is 5.91 Å². The highest BCUT2D eigenvalue weighted by atomic mass is 16.5. The largest absolute Gasteiger partial charge is 0.493 e. The summed E-state index contributed by atoms with van der Waals surface area (Å²) in [6.07, 6.45) is 4.53. The molecule has 0 aliphatic rings. The topological polar surface area (TPSA) is 129 Å². The van der Waals surface area contributed by atoms with Gasteiger partial charge in [0.05, 0.1) is 31.8 Å². The molecule has 2 aromatic carbocycles. The molecule has 0 bridgehead atoms. The lowest BCUT2D eigenvalue weighted by atomic mass is 10.1. The van der Waals surface area contributed by atoms with Gasteiger partial charge in [0.25, 0.3) is 5.56 Å². The van der Waals surface area contributed by atoms with Gasteiger partial charge in [-0.2, -0.15) is 19.9 Å². The first-order chi connectivity index (χ1) is 18.8. The maximum Gasteiger partial charge on any atom is 0.263 e. The zero-order valence-corrected chi connectivity index (χ0v) is 22.1. The van der Waals surface area contributed by atoms with Gasteiger partial charge in [-0.15, -0.1) is 0 Å². The minimum Gasteiger partial charge on any atom is -0.493 e. The fraction of sp³-hybridized carbons (Fsp3) is 0.179. The maximum atomic E-state index is 13.0. The second-order valence-corrected chi connectivity index (χ2v) is 8.92. The highest BCUT2D eigenvalue weighted by Crippen LogP contribution is 2.28. The predicted octanol–water partition coefficient (Wildman–Crippen LogP) is 3.89. The SMILES string of the molecule is COc1ccc(/C=C\C(=O)Nc2cc(C)nn2-c2nc3c(cnn3-c3cccc(C)c3C)c(=O)[nH]2)cc1OC. The minimum atomic E-state index is -0.394. The number of carbonyl (C=O) groups excluding carboxylic acids is 1. The van der Waals surface area contributed by atoms with Gasteiger partial charge in [-0.25, -0.2) is 4.68 Å². The van der Waals surface area contributed by atoms with Crippen LogP contribution in [0.25, 0.3) is 28.7 Å². The molecule has 3 aromatic heterocycles. The fourth-order valence-corrected chi connectivity index (χ4v) is 4.19. The summed E-state index contributed by atoms with van der Waals surface area (Å²) in [7, 11) is 3.11. The number of hydrogen-bond donors (Lipinski definition) is 2. The van der Waals surface area contributed by atoms with Gasteiger partial charge in [0, 0.05) is 12.1 Å². The predicted molar refractivity (Wildman–Crippen MR) is 148 cm³/mol. The molecular weight excluding hydrogens is 498 g/mol. The van der Waals surface area contributed by atoms with Crippen LogP contribution in [-0.4, -0.2) is 49.7 Å². The van der Waals surface area contributed by atoms with Crippen LogP contribution in [0.5, 0.6) is 11.5 Å². The lowest BCUT2D eigenvalue weighted by Crippen LogP contribution is -2.18. The number of rotatable bonds is 7. The van der Waals surface area contributed by atoms with Gasteiger partial charge in [-0.1, -0.05) is 18.2 Å². The maximum absolute atomic E-state index is 13.0. The molecule has 198 valence electrons. The van der Waals surface area contributed by atoms with E-state index in [2.05, 4.69) is 25.5 Å². The molecule has 0 saturated heterocycles. The first-order valence-corrected chi connectivity index (χ1v) is 12.1. The van der Waals surface area contributed by atoms with Gasteiger partial charge in [-0.3, -0.25) is 14.6 Å². The van der Waals surface area contributed by atoms with Crippen LogP contribution in [0.15, 0.2) is 59.5 Å². The Morgan fingerprint density at radius 2 is 1.82 bits per heavy atom. The van der Waals surface area contributed by atoms with Crippen LogP contribution in [0.1, 0.15) is 22.4 Å². The summed E-state index contributed by atoms with van der Waals surface area (Å²) in [6.45, 7) is 5.78. The van der Waals surface area contributed by atoms with E-state index in [1.165, 1.54) is 17.0 Å². The number of hydrogen-bond acceptors (Lipinski definition) is 7. The second kappa shape index (κ2) is 10.3. The molecule has 0 radical (unpaired) electrons. The van der Waals surface area contributed by atoms with Crippen molar-refractivity contribution in [3.05, 3.63) is 87.5 Å². The molecule has 0 atom stereocenters. The lowest BCUT2D eigenvalue weighted by molar-refractivity contribution is -0.111. The third kappa shape index (κ3) is 4.89. The van der Waals surface area contributed by atoms with Crippen LogP contribution >= 0.6 is 0 Å². The molecule has 0 fully saturated rings. The van der Waals surface area contributed by atoms with E-state index in [9.17, 15) is 9.59 Å². The second-order valence-electron chi connectivity index (χ2n) is 8.92. The molecular formula is C28H27N7O4. The van der Waals surface area contributed by atoms with Crippen molar-refractivity contribution in [3.8, 4) is 23.1 Å². The van der Waals surface area contributed by atoms with Crippen molar-refractivity contribution < 1.29 is 14.3 Å². The molecule has 5 rings (SSSR count). The van der Waals surface area contributed by atoms with Crippen molar-refractivity contribution in [1.29, 1.82) is 0 Å². The van der Waals surface area contributed by atoms with Gasteiger partial charge >= 0.3 is 0 Å². The van der Waals surface area contributed by atoms with Gasteiger partial charge in [0.2, 0.25) is 11.9 Å². The molecule has 0 aliphatic heterocycles. The zero-order chi connectivity index (χ0) is 27.7. The smallest absolute Gasteiger partial charge is 0.263 e. The number of amides is 1. The number of aromatic amines is 1. The van der Waals surface area contributed by atoms with Crippen LogP contribution in [-0.2, 0) is 4.79 Å². The standard InChI is InChI=1S/C28H27N7O4/c1-16-7-6-8-21(18(16)3)34-26-20(15-29-34)27(37)32-28(31-26)35-24(13-17(2)33-35)30-25(36)12-10-19-9-11-22(38-4)23(14-19)39-5/h6-15H,1-5H3,(H,30,36)(H,31,32,37)/b12-10-. The summed E-state index contributed by atoms with van der Waals surface area (Å²) in [5.74, 6) is 1.24.